The molecule has 0 unspecified atom stereocenters. The molecule has 12 heteroatoms. The molecule has 10 nitrogen and oxygen atoms in total. The molecule has 1 saturated heterocycles. The molecule has 0 amide bonds. The van der Waals surface area contributed by atoms with Crippen molar-refractivity contribution in [2.75, 3.05) is 32.1 Å². The zero-order valence-electron chi connectivity index (χ0n) is 18.8. The van der Waals surface area contributed by atoms with E-state index in [0.29, 0.717) is 49.3 Å². The Bertz CT molecular complexity index is 1260. The molecule has 3 heterocycles. The number of aryl methyl sites for hydroxylation is 2. The minimum atomic E-state index is -3.62. The molecule has 1 aromatic carbocycles. The third-order valence-electron chi connectivity index (χ3n) is 5.55. The molecule has 2 aromatic heterocycles. The summed E-state index contributed by atoms with van der Waals surface area (Å²) < 4.78 is 36.5. The number of benzene rings is 1. The summed E-state index contributed by atoms with van der Waals surface area (Å²) in [7, 11) is -3.62. The molecular formula is C21H26N6O4S2. The van der Waals surface area contributed by atoms with Crippen LogP contribution in [-0.4, -0.2) is 75.3 Å². The third kappa shape index (κ3) is 4.74. The zero-order chi connectivity index (χ0) is 23.6. The van der Waals surface area contributed by atoms with Crippen LogP contribution in [0.3, 0.4) is 0 Å². The van der Waals surface area contributed by atoms with E-state index in [2.05, 4.69) is 15.5 Å². The standard InChI is InChI=1S/C21H26N6O4S2/c1-4-26-21(22-23-24-26)32-14-20(28)19-12-15(2)27(16(19)3)17-6-5-7-18(13-17)33(29,30)25-8-10-31-11-9-25/h5-7,12-13H,4,8-11,14H2,1-3H3. The number of Topliss-reactive ketones (excluding diaryl/α,β-unsaturated/α-hetero) is 1. The maximum atomic E-state index is 13.1. The van der Waals surface area contributed by atoms with Crippen molar-refractivity contribution >= 4 is 27.6 Å². The average Bonchev–Trinajstić information content (AvgIpc) is 3.41. The average molecular weight is 491 g/mol. The van der Waals surface area contributed by atoms with Crippen LogP contribution in [0, 0.1) is 13.8 Å². The second-order valence-electron chi connectivity index (χ2n) is 7.62. The minimum Gasteiger partial charge on any atom is -0.379 e. The molecular weight excluding hydrogens is 464 g/mol. The fraction of sp³-hybridized carbons (Fsp3) is 0.429. The van der Waals surface area contributed by atoms with E-state index in [1.165, 1.54) is 16.1 Å². The van der Waals surface area contributed by atoms with Crippen LogP contribution in [0.5, 0.6) is 0 Å². The molecule has 0 N–H and O–H groups in total. The number of nitrogens with zero attached hydrogens (tertiary/aromatic N) is 6. The summed E-state index contributed by atoms with van der Waals surface area (Å²) in [5.74, 6) is 0.165. The monoisotopic (exact) mass is 490 g/mol. The number of rotatable bonds is 8. The predicted octanol–water partition coefficient (Wildman–Crippen LogP) is 2.10. The second-order valence-corrected chi connectivity index (χ2v) is 10.5. The minimum absolute atomic E-state index is 0.0397. The Morgan fingerprint density at radius 3 is 2.67 bits per heavy atom. The lowest BCUT2D eigenvalue weighted by molar-refractivity contribution is 0.0730. The van der Waals surface area contributed by atoms with Crippen molar-refractivity contribution in [1.82, 2.24) is 29.1 Å². The Morgan fingerprint density at radius 1 is 1.18 bits per heavy atom. The summed E-state index contributed by atoms with van der Waals surface area (Å²) in [6, 6.07) is 8.66. The first-order chi connectivity index (χ1) is 15.8. The number of tetrazole rings is 1. The molecule has 0 saturated carbocycles. The first kappa shape index (κ1) is 23.6. The number of thioether (sulfide) groups is 1. The van der Waals surface area contributed by atoms with Gasteiger partial charge >= 0.3 is 0 Å². The Balaban J connectivity index is 1.59. The van der Waals surface area contributed by atoms with Gasteiger partial charge < -0.3 is 9.30 Å². The van der Waals surface area contributed by atoms with Gasteiger partial charge in [0.05, 0.1) is 23.9 Å². The molecule has 0 spiro atoms. The number of morpholine rings is 1. The van der Waals surface area contributed by atoms with Gasteiger partial charge in [-0.05, 0) is 55.5 Å². The Labute approximate surface area is 197 Å². The van der Waals surface area contributed by atoms with Gasteiger partial charge in [-0.25, -0.2) is 13.1 Å². The first-order valence-electron chi connectivity index (χ1n) is 10.6. The molecule has 176 valence electrons. The molecule has 1 aliphatic heterocycles. The Hall–Kier alpha value is -2.54. The fourth-order valence-corrected chi connectivity index (χ4v) is 6.14. The molecule has 0 radical (unpaired) electrons. The van der Waals surface area contributed by atoms with E-state index < -0.39 is 10.0 Å². The molecule has 0 aliphatic carbocycles. The number of hydrogen-bond donors (Lipinski definition) is 0. The van der Waals surface area contributed by atoms with Crippen LogP contribution in [0.15, 0.2) is 40.4 Å². The molecule has 3 aromatic rings. The third-order valence-corrected chi connectivity index (χ3v) is 8.40. The van der Waals surface area contributed by atoms with Gasteiger partial charge in [0.2, 0.25) is 15.2 Å². The molecule has 1 fully saturated rings. The molecule has 33 heavy (non-hydrogen) atoms. The van der Waals surface area contributed by atoms with Crippen molar-refractivity contribution in [2.24, 2.45) is 0 Å². The first-order valence-corrected chi connectivity index (χ1v) is 13.0. The van der Waals surface area contributed by atoms with Gasteiger partial charge in [0.15, 0.2) is 5.78 Å². The van der Waals surface area contributed by atoms with Crippen molar-refractivity contribution in [3.63, 3.8) is 0 Å². The smallest absolute Gasteiger partial charge is 0.243 e. The zero-order valence-corrected chi connectivity index (χ0v) is 20.4. The molecule has 1 aliphatic rings. The van der Waals surface area contributed by atoms with E-state index in [1.54, 1.807) is 22.9 Å². The van der Waals surface area contributed by atoms with E-state index in [0.717, 1.165) is 11.4 Å². The van der Waals surface area contributed by atoms with E-state index in [4.69, 9.17) is 4.74 Å². The second kappa shape index (κ2) is 9.75. The lowest BCUT2D eigenvalue weighted by Crippen LogP contribution is -2.40. The van der Waals surface area contributed by atoms with Gasteiger partial charge in [0, 0.05) is 42.3 Å². The van der Waals surface area contributed by atoms with Crippen molar-refractivity contribution in [2.45, 2.75) is 37.4 Å². The van der Waals surface area contributed by atoms with Crippen LogP contribution in [0.1, 0.15) is 28.7 Å². The molecule has 4 rings (SSSR count). The Morgan fingerprint density at radius 2 is 1.94 bits per heavy atom. The van der Waals surface area contributed by atoms with Gasteiger partial charge in [-0.15, -0.1) is 5.10 Å². The van der Waals surface area contributed by atoms with Gasteiger partial charge in [-0.2, -0.15) is 4.31 Å². The Kier molecular flexibility index (Phi) is 6.98. The van der Waals surface area contributed by atoms with E-state index >= 15 is 0 Å². The number of hydrogen-bond acceptors (Lipinski definition) is 8. The number of aromatic nitrogens is 5. The van der Waals surface area contributed by atoms with Crippen molar-refractivity contribution < 1.29 is 17.9 Å². The topological polar surface area (TPSA) is 112 Å². The summed E-state index contributed by atoms with van der Waals surface area (Å²) >= 11 is 1.30. The lowest BCUT2D eigenvalue weighted by atomic mass is 10.2. The van der Waals surface area contributed by atoms with Crippen LogP contribution >= 0.6 is 11.8 Å². The van der Waals surface area contributed by atoms with Crippen LogP contribution in [-0.2, 0) is 21.3 Å². The number of ketones is 1. The normalized spacial score (nSPS) is 15.1. The highest BCUT2D eigenvalue weighted by Gasteiger charge is 2.27. The fourth-order valence-electron chi connectivity index (χ4n) is 3.87. The lowest BCUT2D eigenvalue weighted by Gasteiger charge is -2.26. The van der Waals surface area contributed by atoms with Crippen molar-refractivity contribution in [1.29, 1.82) is 0 Å². The van der Waals surface area contributed by atoms with Gasteiger partial charge in [-0.1, -0.05) is 17.8 Å². The van der Waals surface area contributed by atoms with E-state index in [9.17, 15) is 13.2 Å². The van der Waals surface area contributed by atoms with Gasteiger partial charge in [-0.3, -0.25) is 4.79 Å². The summed E-state index contributed by atoms with van der Waals surface area (Å²) in [5, 5.41) is 12.1. The maximum Gasteiger partial charge on any atom is 0.243 e. The summed E-state index contributed by atoms with van der Waals surface area (Å²) in [6.07, 6.45) is 0. The SMILES string of the molecule is CCn1nnnc1SCC(=O)c1cc(C)n(-c2cccc(S(=O)(=O)N3CCOCC3)c2)c1C. The number of sulfonamides is 1. The summed E-state index contributed by atoms with van der Waals surface area (Å²) in [4.78, 5) is 13.2. The van der Waals surface area contributed by atoms with E-state index in [1.807, 2.05) is 37.5 Å². The predicted molar refractivity (Wildman–Crippen MR) is 123 cm³/mol. The highest BCUT2D eigenvalue weighted by atomic mass is 32.2. The summed E-state index contributed by atoms with van der Waals surface area (Å²) in [6.45, 7) is 7.79. The number of carbonyl (C=O) groups excluding carboxylic acids is 1. The highest BCUT2D eigenvalue weighted by molar-refractivity contribution is 7.99. The molecule has 0 atom stereocenters. The van der Waals surface area contributed by atoms with Gasteiger partial charge in [0.1, 0.15) is 0 Å². The van der Waals surface area contributed by atoms with Crippen LogP contribution < -0.4 is 0 Å². The van der Waals surface area contributed by atoms with Crippen molar-refractivity contribution in [3.05, 3.63) is 47.3 Å². The highest BCUT2D eigenvalue weighted by Crippen LogP contribution is 2.26. The quantitative estimate of drug-likeness (QED) is 0.349. The van der Waals surface area contributed by atoms with Crippen molar-refractivity contribution in [3.8, 4) is 5.69 Å². The van der Waals surface area contributed by atoms with E-state index in [-0.39, 0.29) is 16.4 Å². The largest absolute Gasteiger partial charge is 0.379 e. The number of carbonyl (C=O) groups is 1. The van der Waals surface area contributed by atoms with Crippen LogP contribution in [0.2, 0.25) is 0 Å². The summed E-state index contributed by atoms with van der Waals surface area (Å²) in [5.41, 5.74) is 2.90. The maximum absolute atomic E-state index is 13.1. The van der Waals surface area contributed by atoms with Gasteiger partial charge in [0.25, 0.3) is 0 Å². The van der Waals surface area contributed by atoms with Crippen LogP contribution in [0.25, 0.3) is 5.69 Å². The molecule has 0 bridgehead atoms. The number of ether oxygens (including phenoxy) is 1. The van der Waals surface area contributed by atoms with Crippen LogP contribution in [0.4, 0.5) is 0 Å².